The summed E-state index contributed by atoms with van der Waals surface area (Å²) in [6.45, 7) is 5.23. The molecule has 0 atom stereocenters. The van der Waals surface area contributed by atoms with Crippen LogP contribution < -0.4 is 10.6 Å². The van der Waals surface area contributed by atoms with Gasteiger partial charge in [-0.05, 0) is 79.2 Å². The molecule has 0 aliphatic carbocycles. The van der Waals surface area contributed by atoms with Crippen molar-refractivity contribution < 1.29 is 0 Å². The molecule has 0 amide bonds. The molecule has 0 saturated carbocycles. The summed E-state index contributed by atoms with van der Waals surface area (Å²) in [6, 6.07) is 8.36. The number of nitrogens with zero attached hydrogens (tertiary/aromatic N) is 1. The van der Waals surface area contributed by atoms with Crippen LogP contribution in [0.1, 0.15) is 24.8 Å². The van der Waals surface area contributed by atoms with E-state index in [4.69, 9.17) is 5.41 Å². The van der Waals surface area contributed by atoms with Gasteiger partial charge in [0.05, 0.1) is 0 Å². The lowest BCUT2D eigenvalue weighted by atomic mass is 10.2. The lowest BCUT2D eigenvalue weighted by molar-refractivity contribution is 0.334. The summed E-state index contributed by atoms with van der Waals surface area (Å²) < 4.78 is 1.24. The lowest BCUT2D eigenvalue weighted by Gasteiger charge is -2.15. The van der Waals surface area contributed by atoms with Gasteiger partial charge in [-0.3, -0.25) is 5.41 Å². The normalized spacial score (nSPS) is 13.9. The fourth-order valence-electron chi connectivity index (χ4n) is 2.38. The summed E-state index contributed by atoms with van der Waals surface area (Å²) in [5.41, 5.74) is 1.20. The maximum absolute atomic E-state index is 7.83. The van der Waals surface area contributed by atoms with Crippen LogP contribution in [-0.2, 0) is 6.54 Å². The molecule has 4 nitrogen and oxygen atoms in total. The van der Waals surface area contributed by atoms with Crippen LogP contribution in [0.15, 0.2) is 24.3 Å². The van der Waals surface area contributed by atoms with Crippen LogP contribution in [0.3, 0.4) is 0 Å². The zero-order valence-electron chi connectivity index (χ0n) is 12.6. The van der Waals surface area contributed by atoms with Gasteiger partial charge >= 0.3 is 0 Å². The maximum Gasteiger partial charge on any atom is 0.188 e. The zero-order valence-corrected chi connectivity index (χ0v) is 16.4. The zero-order chi connectivity index (χ0) is 14.2. The molecule has 1 heterocycles. The fourth-order valence-corrected chi connectivity index (χ4v) is 2.74. The Morgan fingerprint density at radius 1 is 1.09 bits per heavy atom. The van der Waals surface area contributed by atoms with Crippen molar-refractivity contribution in [2.24, 2.45) is 0 Å². The van der Waals surface area contributed by atoms with Gasteiger partial charge in [-0.25, -0.2) is 0 Å². The van der Waals surface area contributed by atoms with Gasteiger partial charge in [-0.2, -0.15) is 0 Å². The van der Waals surface area contributed by atoms with Gasteiger partial charge in [0.15, 0.2) is 5.96 Å². The first-order valence-electron chi connectivity index (χ1n) is 7.27. The van der Waals surface area contributed by atoms with Gasteiger partial charge in [0.1, 0.15) is 0 Å². The molecule has 1 saturated heterocycles. The Kier molecular flexibility index (Phi) is 12.1. The van der Waals surface area contributed by atoms with E-state index < -0.39 is 0 Å². The van der Waals surface area contributed by atoms with Crippen LogP contribution in [0, 0.1) is 8.98 Å². The Hall–Kier alpha value is -0.240. The van der Waals surface area contributed by atoms with Crippen molar-refractivity contribution in [1.29, 1.82) is 5.41 Å². The number of rotatable bonds is 6. The van der Waals surface area contributed by atoms with Crippen LogP contribution in [0.5, 0.6) is 0 Å². The second-order valence-electron chi connectivity index (χ2n) is 5.18. The van der Waals surface area contributed by atoms with Crippen molar-refractivity contribution in [3.8, 4) is 0 Å². The molecule has 1 aliphatic heterocycles. The van der Waals surface area contributed by atoms with Gasteiger partial charge in [0.25, 0.3) is 0 Å². The van der Waals surface area contributed by atoms with E-state index in [1.165, 1.54) is 35.1 Å². The minimum absolute atomic E-state index is 0. The first-order chi connectivity index (χ1) is 9.74. The summed E-state index contributed by atoms with van der Waals surface area (Å²) in [6.07, 6.45) is 3.80. The van der Waals surface area contributed by atoms with E-state index >= 15 is 0 Å². The standard InChI is InChI=1S/C15H23IN4.2ClH/c16-14-6-4-13(5-7-14)12-19-15(17)18-8-3-11-20-9-1-2-10-20;;/h4-7H,1-3,8-12H2,(H3,17,18,19);2*1H. The van der Waals surface area contributed by atoms with E-state index in [9.17, 15) is 0 Å². The van der Waals surface area contributed by atoms with Gasteiger partial charge in [0.2, 0.25) is 0 Å². The minimum atomic E-state index is 0. The predicted molar refractivity (Wildman–Crippen MR) is 107 cm³/mol. The third kappa shape index (κ3) is 8.41. The predicted octanol–water partition coefficient (Wildman–Crippen LogP) is 3.23. The van der Waals surface area contributed by atoms with Crippen LogP contribution in [0.2, 0.25) is 0 Å². The van der Waals surface area contributed by atoms with E-state index in [1.807, 2.05) is 0 Å². The van der Waals surface area contributed by atoms with Crippen molar-refractivity contribution in [2.45, 2.75) is 25.8 Å². The molecule has 1 aromatic carbocycles. The van der Waals surface area contributed by atoms with Gasteiger partial charge in [-0.15, -0.1) is 24.8 Å². The first kappa shape index (κ1) is 21.8. The summed E-state index contributed by atoms with van der Waals surface area (Å²) in [4.78, 5) is 2.50. The van der Waals surface area contributed by atoms with E-state index in [-0.39, 0.29) is 24.8 Å². The van der Waals surface area contributed by atoms with E-state index in [0.29, 0.717) is 12.5 Å². The summed E-state index contributed by atoms with van der Waals surface area (Å²) in [7, 11) is 0. The lowest BCUT2D eigenvalue weighted by Crippen LogP contribution is -2.37. The number of likely N-dealkylation sites (tertiary alicyclic amines) is 1. The highest BCUT2D eigenvalue weighted by molar-refractivity contribution is 14.1. The van der Waals surface area contributed by atoms with Gasteiger partial charge in [0, 0.05) is 16.7 Å². The SMILES string of the molecule is Cl.Cl.N=C(NCCCN1CCCC1)NCc1ccc(I)cc1. The second-order valence-corrected chi connectivity index (χ2v) is 6.43. The average molecular weight is 459 g/mol. The van der Waals surface area contributed by atoms with Crippen molar-refractivity contribution in [2.75, 3.05) is 26.2 Å². The number of nitrogens with one attached hydrogen (secondary N) is 3. The molecule has 0 spiro atoms. The Morgan fingerprint density at radius 2 is 1.73 bits per heavy atom. The van der Waals surface area contributed by atoms with E-state index in [0.717, 1.165) is 19.5 Å². The molecule has 1 aromatic rings. The largest absolute Gasteiger partial charge is 0.357 e. The molecule has 0 radical (unpaired) electrons. The number of hydrogen-bond donors (Lipinski definition) is 3. The van der Waals surface area contributed by atoms with Crippen LogP contribution in [0.25, 0.3) is 0 Å². The number of guanidine groups is 1. The van der Waals surface area contributed by atoms with Crippen molar-refractivity contribution >= 4 is 53.4 Å². The highest BCUT2D eigenvalue weighted by Crippen LogP contribution is 2.07. The molecular formula is C15H25Cl2IN4. The van der Waals surface area contributed by atoms with Crippen molar-refractivity contribution in [3.63, 3.8) is 0 Å². The molecule has 0 unspecified atom stereocenters. The van der Waals surface area contributed by atoms with E-state index in [2.05, 4.69) is 62.4 Å². The Labute approximate surface area is 159 Å². The van der Waals surface area contributed by atoms with E-state index in [1.54, 1.807) is 0 Å². The molecule has 126 valence electrons. The maximum atomic E-state index is 7.83. The Balaban J connectivity index is 0.00000220. The van der Waals surface area contributed by atoms with Crippen molar-refractivity contribution in [3.05, 3.63) is 33.4 Å². The monoisotopic (exact) mass is 458 g/mol. The van der Waals surface area contributed by atoms with Crippen molar-refractivity contribution in [1.82, 2.24) is 15.5 Å². The quantitative estimate of drug-likeness (QED) is 0.265. The highest BCUT2D eigenvalue weighted by Gasteiger charge is 2.10. The molecule has 0 bridgehead atoms. The Morgan fingerprint density at radius 3 is 2.36 bits per heavy atom. The summed E-state index contributed by atoms with van der Waals surface area (Å²) >= 11 is 2.30. The third-order valence-electron chi connectivity index (χ3n) is 3.53. The minimum Gasteiger partial charge on any atom is -0.357 e. The third-order valence-corrected chi connectivity index (χ3v) is 4.25. The molecule has 1 fully saturated rings. The van der Waals surface area contributed by atoms with Gasteiger partial charge in [-0.1, -0.05) is 12.1 Å². The summed E-state index contributed by atoms with van der Waals surface area (Å²) in [5.74, 6) is 0.421. The molecule has 7 heteroatoms. The molecule has 1 aliphatic rings. The number of hydrogen-bond acceptors (Lipinski definition) is 2. The smallest absolute Gasteiger partial charge is 0.188 e. The highest BCUT2D eigenvalue weighted by atomic mass is 127. The number of halogens is 3. The molecule has 22 heavy (non-hydrogen) atoms. The fraction of sp³-hybridized carbons (Fsp3) is 0.533. The van der Waals surface area contributed by atoms with Crippen LogP contribution >= 0.6 is 47.4 Å². The molecular weight excluding hydrogens is 434 g/mol. The van der Waals surface area contributed by atoms with Gasteiger partial charge < -0.3 is 15.5 Å². The first-order valence-corrected chi connectivity index (χ1v) is 8.35. The average Bonchev–Trinajstić information content (AvgIpc) is 2.96. The summed E-state index contributed by atoms with van der Waals surface area (Å²) in [5, 5.41) is 14.1. The second kappa shape index (κ2) is 12.2. The molecule has 3 N–H and O–H groups in total. The topological polar surface area (TPSA) is 51.2 Å². The van der Waals surface area contributed by atoms with Crippen LogP contribution in [0.4, 0.5) is 0 Å². The molecule has 0 aromatic heterocycles. The van der Waals surface area contributed by atoms with Crippen LogP contribution in [-0.4, -0.2) is 37.0 Å². The Bertz CT molecular complexity index is 422. The number of benzene rings is 1. The molecule has 2 rings (SSSR count).